The molecule has 2 aromatic carbocycles. The van der Waals surface area contributed by atoms with Gasteiger partial charge in [-0.25, -0.2) is 13.9 Å². The van der Waals surface area contributed by atoms with Crippen LogP contribution in [0.3, 0.4) is 0 Å². The second kappa shape index (κ2) is 10.6. The van der Waals surface area contributed by atoms with Crippen molar-refractivity contribution in [1.29, 1.82) is 0 Å². The smallest absolute Gasteiger partial charge is 0.335 e. The largest absolute Gasteiger partial charge is 0.459 e. The van der Waals surface area contributed by atoms with Crippen LogP contribution in [0.4, 0.5) is 26.3 Å². The lowest BCUT2D eigenvalue weighted by Crippen LogP contribution is -2.48. The molecule has 1 fully saturated rings. The fraction of sp³-hybridized carbons (Fsp3) is 0.269. The number of halogens is 8. The van der Waals surface area contributed by atoms with Gasteiger partial charge >= 0.3 is 12.1 Å². The predicted molar refractivity (Wildman–Crippen MR) is 136 cm³/mol. The van der Waals surface area contributed by atoms with Gasteiger partial charge in [-0.05, 0) is 42.5 Å². The Morgan fingerprint density at radius 3 is 2.12 bits per heavy atom. The van der Waals surface area contributed by atoms with E-state index in [0.717, 1.165) is 23.8 Å². The van der Waals surface area contributed by atoms with Gasteiger partial charge in [-0.2, -0.15) is 27.1 Å². The van der Waals surface area contributed by atoms with Crippen molar-refractivity contribution < 1.29 is 31.1 Å². The Balaban J connectivity index is 1.43. The van der Waals surface area contributed by atoms with E-state index in [2.05, 4.69) is 10.1 Å². The average Bonchev–Trinajstić information content (AvgIpc) is 3.34. The van der Waals surface area contributed by atoms with E-state index in [1.807, 2.05) is 4.90 Å². The zero-order valence-electron chi connectivity index (χ0n) is 20.4. The Morgan fingerprint density at radius 1 is 0.900 bits per heavy atom. The van der Waals surface area contributed by atoms with Gasteiger partial charge < -0.3 is 4.90 Å². The number of carbonyl (C=O) groups excluding carboxylic acids is 1. The summed E-state index contributed by atoms with van der Waals surface area (Å²) in [5.41, 5.74) is -1.68. The molecule has 4 aromatic rings. The van der Waals surface area contributed by atoms with Gasteiger partial charge in [0.15, 0.2) is 11.3 Å². The number of piperazine rings is 1. The van der Waals surface area contributed by atoms with Gasteiger partial charge in [-0.1, -0.05) is 29.3 Å². The van der Waals surface area contributed by atoms with E-state index in [0.29, 0.717) is 40.3 Å². The molecule has 2 aromatic heterocycles. The van der Waals surface area contributed by atoms with Crippen LogP contribution in [0.25, 0.3) is 16.9 Å². The SMILES string of the molecule is O=C(c1cc2nc(-c3ccc(F)cc3)cc(C(F)(F)C(F)(F)F)n2n1)N1CCN(Cc2c(Cl)cccc2Cl)CC1. The molecule has 6 nitrogen and oxygen atoms in total. The molecule has 0 N–H and O–H groups in total. The van der Waals surface area contributed by atoms with Crippen molar-refractivity contribution in [2.45, 2.75) is 18.6 Å². The molecule has 5 rings (SSSR count). The summed E-state index contributed by atoms with van der Waals surface area (Å²) in [5, 5.41) is 4.82. The summed E-state index contributed by atoms with van der Waals surface area (Å²) in [6.45, 7) is 1.81. The van der Waals surface area contributed by atoms with Crippen LogP contribution in [-0.2, 0) is 12.5 Å². The van der Waals surface area contributed by atoms with Gasteiger partial charge in [0.1, 0.15) is 11.5 Å². The normalized spacial score (nSPS) is 15.2. The Kier molecular flexibility index (Phi) is 7.45. The molecule has 0 aliphatic carbocycles. The molecule has 1 aliphatic heterocycles. The van der Waals surface area contributed by atoms with E-state index in [4.69, 9.17) is 23.2 Å². The first kappa shape index (κ1) is 28.2. The highest BCUT2D eigenvalue weighted by atomic mass is 35.5. The van der Waals surface area contributed by atoms with Crippen molar-refractivity contribution in [3.05, 3.63) is 87.4 Å². The fourth-order valence-corrected chi connectivity index (χ4v) is 4.91. The van der Waals surface area contributed by atoms with Gasteiger partial charge in [0.25, 0.3) is 5.91 Å². The van der Waals surface area contributed by atoms with Crippen LogP contribution in [0, 0.1) is 5.82 Å². The third-order valence-corrected chi connectivity index (χ3v) is 7.28. The highest BCUT2D eigenvalue weighted by Crippen LogP contribution is 2.44. The summed E-state index contributed by atoms with van der Waals surface area (Å²) >= 11 is 12.5. The molecular formula is C26H19Cl2F6N5O. The van der Waals surface area contributed by atoms with Gasteiger partial charge in [0, 0.05) is 60.0 Å². The zero-order valence-corrected chi connectivity index (χ0v) is 21.9. The molecule has 1 aliphatic rings. The summed E-state index contributed by atoms with van der Waals surface area (Å²) in [4.78, 5) is 20.8. The number of amides is 1. The van der Waals surface area contributed by atoms with E-state index in [9.17, 15) is 31.1 Å². The van der Waals surface area contributed by atoms with E-state index in [1.54, 1.807) is 18.2 Å². The molecule has 0 saturated carbocycles. The maximum absolute atomic E-state index is 14.6. The number of rotatable bonds is 5. The molecule has 0 bridgehead atoms. The number of carbonyl (C=O) groups is 1. The fourth-order valence-electron chi connectivity index (χ4n) is 4.39. The maximum Gasteiger partial charge on any atom is 0.459 e. The van der Waals surface area contributed by atoms with Gasteiger partial charge in [0.2, 0.25) is 0 Å². The van der Waals surface area contributed by atoms with Crippen molar-refractivity contribution in [3.8, 4) is 11.3 Å². The molecule has 0 spiro atoms. The van der Waals surface area contributed by atoms with Crippen molar-refractivity contribution in [2.75, 3.05) is 26.2 Å². The second-order valence-corrected chi connectivity index (χ2v) is 9.99. The quantitative estimate of drug-likeness (QED) is 0.247. The first-order chi connectivity index (χ1) is 18.8. The highest BCUT2D eigenvalue weighted by molar-refractivity contribution is 6.35. The lowest BCUT2D eigenvalue weighted by atomic mass is 10.1. The van der Waals surface area contributed by atoms with E-state index >= 15 is 0 Å². The van der Waals surface area contributed by atoms with Crippen molar-refractivity contribution in [1.82, 2.24) is 24.4 Å². The van der Waals surface area contributed by atoms with Crippen LogP contribution >= 0.6 is 23.2 Å². The summed E-state index contributed by atoms with van der Waals surface area (Å²) in [7, 11) is 0. The third-order valence-electron chi connectivity index (χ3n) is 6.57. The molecule has 14 heteroatoms. The van der Waals surface area contributed by atoms with Crippen molar-refractivity contribution in [3.63, 3.8) is 0 Å². The molecule has 3 heterocycles. The number of fused-ring (bicyclic) bond motifs is 1. The topological polar surface area (TPSA) is 53.7 Å². The average molecular weight is 602 g/mol. The first-order valence-corrected chi connectivity index (χ1v) is 12.7. The molecule has 0 radical (unpaired) electrons. The third kappa shape index (κ3) is 5.35. The number of alkyl halides is 5. The number of hydrogen-bond donors (Lipinski definition) is 0. The van der Waals surface area contributed by atoms with Crippen LogP contribution in [0.5, 0.6) is 0 Å². The van der Waals surface area contributed by atoms with Crippen LogP contribution in [0.15, 0.2) is 54.6 Å². The number of nitrogens with zero attached hydrogens (tertiary/aromatic N) is 5. The minimum absolute atomic E-state index is 0.104. The minimum atomic E-state index is -5.95. The predicted octanol–water partition coefficient (Wildman–Crippen LogP) is 6.45. The van der Waals surface area contributed by atoms with Crippen molar-refractivity contribution in [2.24, 2.45) is 0 Å². The van der Waals surface area contributed by atoms with Gasteiger partial charge in [0.05, 0.1) is 5.69 Å². The molecular weight excluding hydrogens is 583 g/mol. The number of hydrogen-bond acceptors (Lipinski definition) is 4. The van der Waals surface area contributed by atoms with Crippen molar-refractivity contribution >= 4 is 34.8 Å². The summed E-state index contributed by atoms with van der Waals surface area (Å²) < 4.78 is 83.0. The molecule has 0 unspecified atom stereocenters. The monoisotopic (exact) mass is 601 g/mol. The van der Waals surface area contributed by atoms with E-state index < -0.39 is 35.2 Å². The zero-order chi connectivity index (χ0) is 28.8. The highest BCUT2D eigenvalue weighted by Gasteiger charge is 2.60. The van der Waals surface area contributed by atoms with Crippen LogP contribution in [-0.4, -0.2) is 62.7 Å². The lowest BCUT2D eigenvalue weighted by Gasteiger charge is -2.34. The summed E-state index contributed by atoms with van der Waals surface area (Å²) in [6, 6.07) is 11.2. The molecule has 40 heavy (non-hydrogen) atoms. The van der Waals surface area contributed by atoms with Gasteiger partial charge in [-0.15, -0.1) is 0 Å². The summed E-state index contributed by atoms with van der Waals surface area (Å²) in [6.07, 6.45) is -5.95. The second-order valence-electron chi connectivity index (χ2n) is 9.17. The Bertz CT molecular complexity index is 1550. The molecule has 0 atom stereocenters. The Labute approximate surface area is 233 Å². The van der Waals surface area contributed by atoms with Crippen LogP contribution in [0.1, 0.15) is 21.7 Å². The molecule has 1 amide bonds. The van der Waals surface area contributed by atoms with Crippen LogP contribution < -0.4 is 0 Å². The summed E-state index contributed by atoms with van der Waals surface area (Å²) in [5.74, 6) is -6.59. The number of benzene rings is 2. The number of aromatic nitrogens is 3. The van der Waals surface area contributed by atoms with E-state index in [1.165, 1.54) is 17.0 Å². The van der Waals surface area contributed by atoms with Gasteiger partial charge in [-0.3, -0.25) is 9.69 Å². The first-order valence-electron chi connectivity index (χ1n) is 11.9. The van der Waals surface area contributed by atoms with E-state index in [-0.39, 0.29) is 30.0 Å². The Morgan fingerprint density at radius 2 is 1.52 bits per heavy atom. The Hall–Kier alpha value is -3.35. The molecule has 1 saturated heterocycles. The molecule has 210 valence electrons. The lowest BCUT2D eigenvalue weighted by molar-refractivity contribution is -0.291. The minimum Gasteiger partial charge on any atom is -0.335 e. The van der Waals surface area contributed by atoms with Crippen LogP contribution in [0.2, 0.25) is 10.0 Å². The standard InChI is InChI=1S/C26H19Cl2F6N5O/c27-18-2-1-3-19(28)17(18)14-37-8-10-38(11-9-37)24(40)21-13-23-35-20(15-4-6-16(29)7-5-15)12-22(39(23)36-21)25(30,31)26(32,33)34/h1-7,12-13H,8-11,14H2. The maximum atomic E-state index is 14.6.